The minimum absolute atomic E-state index is 0.0224. The highest BCUT2D eigenvalue weighted by molar-refractivity contribution is 8.00. The Morgan fingerprint density at radius 2 is 1.88 bits per heavy atom. The summed E-state index contributed by atoms with van der Waals surface area (Å²) < 4.78 is 0. The van der Waals surface area contributed by atoms with Gasteiger partial charge < -0.3 is 10.2 Å². The van der Waals surface area contributed by atoms with Gasteiger partial charge in [0, 0.05) is 40.2 Å². The van der Waals surface area contributed by atoms with Crippen molar-refractivity contribution in [3.8, 4) is 0 Å². The van der Waals surface area contributed by atoms with Gasteiger partial charge in [0.2, 0.25) is 11.8 Å². The fraction of sp³-hybridized carbons (Fsp3) is 0.263. The van der Waals surface area contributed by atoms with Gasteiger partial charge in [0.25, 0.3) is 0 Å². The number of amides is 2. The largest absolute Gasteiger partial charge is 0.326 e. The van der Waals surface area contributed by atoms with E-state index in [-0.39, 0.29) is 24.7 Å². The Bertz CT molecular complexity index is 779. The Hall–Kier alpha value is -1.98. The Morgan fingerprint density at radius 1 is 1.16 bits per heavy atom. The normalized spacial score (nSPS) is 16.2. The third-order valence-corrected chi connectivity index (χ3v) is 5.32. The lowest BCUT2D eigenvalue weighted by Crippen LogP contribution is -2.38. The van der Waals surface area contributed by atoms with Crippen LogP contribution in [0.1, 0.15) is 19.8 Å². The summed E-state index contributed by atoms with van der Waals surface area (Å²) in [6, 6.07) is 14.8. The van der Waals surface area contributed by atoms with E-state index in [1.807, 2.05) is 24.3 Å². The van der Waals surface area contributed by atoms with Crippen LogP contribution in [0.2, 0.25) is 5.02 Å². The zero-order chi connectivity index (χ0) is 17.8. The number of benzene rings is 2. The lowest BCUT2D eigenvalue weighted by atomic mass is 10.2. The van der Waals surface area contributed by atoms with Crippen molar-refractivity contribution in [3.63, 3.8) is 0 Å². The van der Waals surface area contributed by atoms with Crippen molar-refractivity contribution in [2.45, 2.75) is 29.9 Å². The minimum atomic E-state index is -0.177. The number of thioether (sulfide) groups is 1. The lowest BCUT2D eigenvalue weighted by molar-refractivity contribution is -0.122. The molecule has 0 aromatic heterocycles. The van der Waals surface area contributed by atoms with E-state index < -0.39 is 0 Å². The van der Waals surface area contributed by atoms with Crippen LogP contribution in [0.4, 0.5) is 11.4 Å². The van der Waals surface area contributed by atoms with E-state index in [1.54, 1.807) is 40.9 Å². The summed E-state index contributed by atoms with van der Waals surface area (Å²) >= 11 is 7.60. The quantitative estimate of drug-likeness (QED) is 0.851. The van der Waals surface area contributed by atoms with E-state index in [4.69, 9.17) is 11.6 Å². The van der Waals surface area contributed by atoms with Crippen molar-refractivity contribution in [3.05, 3.63) is 53.6 Å². The van der Waals surface area contributed by atoms with Gasteiger partial charge >= 0.3 is 0 Å². The van der Waals surface area contributed by atoms with Crippen molar-refractivity contribution in [1.82, 2.24) is 0 Å². The standard InChI is InChI=1S/C19H19ClN2O2S/c1-13-12-22(16-4-2-3-5-17(16)25-13)19(24)11-10-18(23)21-15-8-6-14(20)7-9-15/h2-9,13H,10-12H2,1H3,(H,21,23)/t13-/m0/s1. The molecule has 6 heteroatoms. The van der Waals surface area contributed by atoms with Crippen molar-refractivity contribution >= 4 is 46.6 Å². The van der Waals surface area contributed by atoms with Crippen molar-refractivity contribution < 1.29 is 9.59 Å². The molecule has 4 nitrogen and oxygen atoms in total. The fourth-order valence-electron chi connectivity index (χ4n) is 2.74. The molecule has 0 unspecified atom stereocenters. The smallest absolute Gasteiger partial charge is 0.227 e. The third-order valence-electron chi connectivity index (χ3n) is 3.92. The summed E-state index contributed by atoms with van der Waals surface area (Å²) in [6.45, 7) is 2.77. The Morgan fingerprint density at radius 3 is 2.64 bits per heavy atom. The molecule has 0 spiro atoms. The zero-order valence-electron chi connectivity index (χ0n) is 13.9. The SMILES string of the molecule is C[C@H]1CN(C(=O)CCC(=O)Nc2ccc(Cl)cc2)c2ccccc2S1. The van der Waals surface area contributed by atoms with Crippen LogP contribution in [0.5, 0.6) is 0 Å². The van der Waals surface area contributed by atoms with Crippen LogP contribution in [-0.2, 0) is 9.59 Å². The molecule has 2 amide bonds. The molecule has 0 saturated carbocycles. The zero-order valence-corrected chi connectivity index (χ0v) is 15.4. The van der Waals surface area contributed by atoms with Gasteiger partial charge in [0.05, 0.1) is 5.69 Å². The second-order valence-corrected chi connectivity index (χ2v) is 7.87. The first-order valence-electron chi connectivity index (χ1n) is 8.14. The van der Waals surface area contributed by atoms with E-state index in [0.717, 1.165) is 10.6 Å². The van der Waals surface area contributed by atoms with Crippen molar-refractivity contribution in [2.75, 3.05) is 16.8 Å². The summed E-state index contributed by atoms with van der Waals surface area (Å²) in [5, 5.41) is 3.73. The van der Waals surface area contributed by atoms with Gasteiger partial charge in [-0.2, -0.15) is 0 Å². The van der Waals surface area contributed by atoms with Gasteiger partial charge in [-0.1, -0.05) is 30.7 Å². The molecule has 25 heavy (non-hydrogen) atoms. The average molecular weight is 375 g/mol. The van der Waals surface area contributed by atoms with Gasteiger partial charge in [-0.05, 0) is 36.4 Å². The fourth-order valence-corrected chi connectivity index (χ4v) is 3.98. The van der Waals surface area contributed by atoms with Crippen LogP contribution in [0.25, 0.3) is 0 Å². The van der Waals surface area contributed by atoms with Gasteiger partial charge in [0.15, 0.2) is 0 Å². The van der Waals surface area contributed by atoms with E-state index in [2.05, 4.69) is 12.2 Å². The molecule has 0 bridgehead atoms. The second-order valence-electron chi connectivity index (χ2n) is 5.96. The maximum atomic E-state index is 12.6. The van der Waals surface area contributed by atoms with Gasteiger partial charge in [-0.25, -0.2) is 0 Å². The summed E-state index contributed by atoms with van der Waals surface area (Å²) in [6.07, 6.45) is 0.340. The first-order valence-corrected chi connectivity index (χ1v) is 9.40. The number of hydrogen-bond acceptors (Lipinski definition) is 3. The number of carbonyl (C=O) groups is 2. The molecule has 0 radical (unpaired) electrons. The van der Waals surface area contributed by atoms with E-state index in [9.17, 15) is 9.59 Å². The minimum Gasteiger partial charge on any atom is -0.326 e. The van der Waals surface area contributed by atoms with Crippen LogP contribution in [0, 0.1) is 0 Å². The number of anilines is 2. The van der Waals surface area contributed by atoms with Crippen LogP contribution >= 0.6 is 23.4 Å². The van der Waals surface area contributed by atoms with Crippen molar-refractivity contribution in [1.29, 1.82) is 0 Å². The lowest BCUT2D eigenvalue weighted by Gasteiger charge is -2.32. The first-order chi connectivity index (χ1) is 12.0. The molecule has 1 aliphatic rings. The molecule has 1 aliphatic heterocycles. The topological polar surface area (TPSA) is 49.4 Å². The van der Waals surface area contributed by atoms with Crippen LogP contribution < -0.4 is 10.2 Å². The van der Waals surface area contributed by atoms with Crippen LogP contribution in [0.15, 0.2) is 53.4 Å². The number of carbonyl (C=O) groups excluding carboxylic acids is 2. The molecule has 2 aromatic rings. The van der Waals surface area contributed by atoms with Crippen LogP contribution in [0.3, 0.4) is 0 Å². The van der Waals surface area contributed by atoms with Gasteiger partial charge in [-0.15, -0.1) is 11.8 Å². The molecular formula is C19H19ClN2O2S. The molecule has 130 valence electrons. The molecule has 3 rings (SSSR count). The van der Waals surface area contributed by atoms with Crippen molar-refractivity contribution in [2.24, 2.45) is 0 Å². The molecule has 1 N–H and O–H groups in total. The molecule has 0 fully saturated rings. The van der Waals surface area contributed by atoms with E-state index >= 15 is 0 Å². The van der Waals surface area contributed by atoms with E-state index in [1.165, 1.54) is 0 Å². The molecular weight excluding hydrogens is 356 g/mol. The first kappa shape index (κ1) is 17.8. The summed E-state index contributed by atoms with van der Waals surface area (Å²) in [4.78, 5) is 27.6. The molecule has 0 aliphatic carbocycles. The predicted octanol–water partition coefficient (Wildman–Crippen LogP) is 4.59. The Labute approximate surface area is 156 Å². The van der Waals surface area contributed by atoms with Crippen LogP contribution in [-0.4, -0.2) is 23.6 Å². The monoisotopic (exact) mass is 374 g/mol. The summed E-state index contributed by atoms with van der Waals surface area (Å²) in [5.74, 6) is -0.200. The highest BCUT2D eigenvalue weighted by Gasteiger charge is 2.26. The average Bonchev–Trinajstić information content (AvgIpc) is 2.61. The highest BCUT2D eigenvalue weighted by atomic mass is 35.5. The Balaban J connectivity index is 1.59. The third kappa shape index (κ3) is 4.55. The second kappa shape index (κ2) is 7.93. The number of fused-ring (bicyclic) bond motifs is 1. The number of para-hydroxylation sites is 1. The number of nitrogens with zero attached hydrogens (tertiary/aromatic N) is 1. The number of hydrogen-bond donors (Lipinski definition) is 1. The number of nitrogens with one attached hydrogen (secondary N) is 1. The maximum absolute atomic E-state index is 12.6. The molecule has 2 aromatic carbocycles. The summed E-state index contributed by atoms with van der Waals surface area (Å²) in [7, 11) is 0. The molecule has 1 atom stereocenters. The summed E-state index contributed by atoms with van der Waals surface area (Å²) in [5.41, 5.74) is 1.61. The highest BCUT2D eigenvalue weighted by Crippen LogP contribution is 2.38. The van der Waals surface area contributed by atoms with Gasteiger partial charge in [-0.3, -0.25) is 9.59 Å². The number of rotatable bonds is 4. The van der Waals surface area contributed by atoms with E-state index in [0.29, 0.717) is 22.5 Å². The van der Waals surface area contributed by atoms with Gasteiger partial charge in [0.1, 0.15) is 0 Å². The molecule has 0 saturated heterocycles. The Kier molecular flexibility index (Phi) is 5.66. The maximum Gasteiger partial charge on any atom is 0.227 e. The predicted molar refractivity (Wildman–Crippen MR) is 103 cm³/mol. The number of halogens is 1. The molecule has 1 heterocycles.